The van der Waals surface area contributed by atoms with Crippen molar-refractivity contribution < 1.29 is 14.3 Å². The summed E-state index contributed by atoms with van der Waals surface area (Å²) in [5.41, 5.74) is 2.17. The average Bonchev–Trinajstić information content (AvgIpc) is 3.23. The molecule has 3 aromatic carbocycles. The maximum absolute atomic E-state index is 12.5. The first-order valence-electron chi connectivity index (χ1n) is 8.83. The van der Waals surface area contributed by atoms with Crippen molar-refractivity contribution in [2.75, 3.05) is 18.6 Å². The molecule has 1 saturated heterocycles. The molecule has 138 valence electrons. The molecule has 0 amide bonds. The van der Waals surface area contributed by atoms with Gasteiger partial charge in [0.2, 0.25) is 0 Å². The molecule has 0 unspecified atom stereocenters. The highest BCUT2D eigenvalue weighted by Crippen LogP contribution is 2.46. The molecule has 4 rings (SSSR count). The highest BCUT2D eigenvalue weighted by Gasteiger charge is 2.20. The lowest BCUT2D eigenvalue weighted by atomic mass is 10.0. The van der Waals surface area contributed by atoms with Gasteiger partial charge in [-0.2, -0.15) is 0 Å². The van der Waals surface area contributed by atoms with Gasteiger partial charge in [0.05, 0.1) is 18.1 Å². The Morgan fingerprint density at radius 1 is 1.00 bits per heavy atom. The summed E-state index contributed by atoms with van der Waals surface area (Å²) < 4.78 is 11.5. The van der Waals surface area contributed by atoms with Gasteiger partial charge in [-0.15, -0.1) is 23.5 Å². The van der Waals surface area contributed by atoms with E-state index in [9.17, 15) is 4.79 Å². The molecule has 3 nitrogen and oxygen atoms in total. The van der Waals surface area contributed by atoms with Crippen molar-refractivity contribution in [2.24, 2.45) is 0 Å². The van der Waals surface area contributed by atoms with Crippen LogP contribution in [0.2, 0.25) is 0 Å². The molecule has 1 fully saturated rings. The molecule has 5 heteroatoms. The standard InChI is InChI=1S/C22H20O3S2/c1-24-20-13-17(22-26-11-12-27-22)9-10-19(20)25-21(23)14-16-7-4-6-15-5-2-3-8-18(15)16/h2-10,13,22H,11-12,14H2,1H3. The van der Waals surface area contributed by atoms with Crippen molar-refractivity contribution in [1.29, 1.82) is 0 Å². The minimum absolute atomic E-state index is 0.223. The second kappa shape index (κ2) is 8.28. The van der Waals surface area contributed by atoms with Crippen LogP contribution in [0.1, 0.15) is 15.7 Å². The highest BCUT2D eigenvalue weighted by molar-refractivity contribution is 8.19. The Hall–Kier alpha value is -2.11. The second-order valence-corrected chi connectivity index (χ2v) is 9.00. The van der Waals surface area contributed by atoms with Crippen LogP contribution in [-0.4, -0.2) is 24.6 Å². The summed E-state index contributed by atoms with van der Waals surface area (Å²) in [5.74, 6) is 3.12. The molecule has 0 aliphatic carbocycles. The van der Waals surface area contributed by atoms with Crippen LogP contribution in [0.3, 0.4) is 0 Å². The molecule has 0 N–H and O–H groups in total. The van der Waals surface area contributed by atoms with Gasteiger partial charge in [-0.3, -0.25) is 4.79 Å². The lowest BCUT2D eigenvalue weighted by Crippen LogP contribution is -2.12. The molecular weight excluding hydrogens is 376 g/mol. The third kappa shape index (κ3) is 4.09. The van der Waals surface area contributed by atoms with Gasteiger partial charge in [-0.05, 0) is 34.0 Å². The van der Waals surface area contributed by atoms with Crippen LogP contribution in [0.15, 0.2) is 60.7 Å². The van der Waals surface area contributed by atoms with Gasteiger partial charge in [0, 0.05) is 11.5 Å². The number of rotatable bonds is 5. The van der Waals surface area contributed by atoms with Crippen molar-refractivity contribution >= 4 is 40.3 Å². The monoisotopic (exact) mass is 396 g/mol. The first-order chi connectivity index (χ1) is 13.2. The zero-order chi connectivity index (χ0) is 18.6. The normalized spacial score (nSPS) is 14.4. The molecule has 1 heterocycles. The predicted octanol–water partition coefficient (Wildman–Crippen LogP) is 5.48. The number of hydrogen-bond acceptors (Lipinski definition) is 5. The molecule has 0 radical (unpaired) electrons. The SMILES string of the molecule is COc1cc(C2SCCS2)ccc1OC(=O)Cc1cccc2ccccc12. The summed E-state index contributed by atoms with van der Waals surface area (Å²) in [4.78, 5) is 12.5. The molecule has 0 atom stereocenters. The summed E-state index contributed by atoms with van der Waals surface area (Å²) in [7, 11) is 1.61. The third-order valence-electron chi connectivity index (χ3n) is 4.52. The fourth-order valence-electron chi connectivity index (χ4n) is 3.23. The van der Waals surface area contributed by atoms with Gasteiger partial charge in [0.15, 0.2) is 11.5 Å². The first kappa shape index (κ1) is 18.3. The summed E-state index contributed by atoms with van der Waals surface area (Å²) in [6, 6.07) is 19.9. The maximum atomic E-state index is 12.5. The average molecular weight is 397 g/mol. The third-order valence-corrected chi connectivity index (χ3v) is 7.62. The summed E-state index contributed by atoms with van der Waals surface area (Å²) >= 11 is 3.87. The smallest absolute Gasteiger partial charge is 0.315 e. The van der Waals surface area contributed by atoms with Crippen molar-refractivity contribution in [3.8, 4) is 11.5 Å². The predicted molar refractivity (Wildman–Crippen MR) is 114 cm³/mol. The van der Waals surface area contributed by atoms with E-state index in [-0.39, 0.29) is 12.4 Å². The van der Waals surface area contributed by atoms with E-state index in [1.54, 1.807) is 7.11 Å². The van der Waals surface area contributed by atoms with E-state index < -0.39 is 0 Å². The number of thioether (sulfide) groups is 2. The number of ether oxygens (including phenoxy) is 2. The van der Waals surface area contributed by atoms with Gasteiger partial charge in [-0.25, -0.2) is 0 Å². The number of esters is 1. The van der Waals surface area contributed by atoms with Gasteiger partial charge < -0.3 is 9.47 Å². The van der Waals surface area contributed by atoms with Crippen molar-refractivity contribution in [2.45, 2.75) is 11.0 Å². The van der Waals surface area contributed by atoms with Gasteiger partial charge in [0.25, 0.3) is 0 Å². The van der Waals surface area contributed by atoms with E-state index in [1.807, 2.05) is 84.2 Å². The Balaban J connectivity index is 1.52. The molecule has 0 bridgehead atoms. The Labute approximate surface area is 167 Å². The topological polar surface area (TPSA) is 35.5 Å². The van der Waals surface area contributed by atoms with E-state index in [0.717, 1.165) is 16.3 Å². The van der Waals surface area contributed by atoms with E-state index in [1.165, 1.54) is 17.1 Å². The quantitative estimate of drug-likeness (QED) is 0.422. The number of fused-ring (bicyclic) bond motifs is 1. The highest BCUT2D eigenvalue weighted by atomic mass is 32.2. The number of methoxy groups -OCH3 is 1. The Bertz CT molecular complexity index is 959. The summed E-state index contributed by atoms with van der Waals surface area (Å²) in [6.07, 6.45) is 0.223. The van der Waals surface area contributed by atoms with Gasteiger partial charge in [0.1, 0.15) is 0 Å². The van der Waals surface area contributed by atoms with E-state index >= 15 is 0 Å². The number of carbonyl (C=O) groups is 1. The molecule has 1 aliphatic rings. The number of benzene rings is 3. The largest absolute Gasteiger partial charge is 0.493 e. The van der Waals surface area contributed by atoms with E-state index in [4.69, 9.17) is 9.47 Å². The fourth-order valence-corrected chi connectivity index (χ4v) is 6.07. The maximum Gasteiger partial charge on any atom is 0.315 e. The fraction of sp³-hybridized carbons (Fsp3) is 0.227. The molecular formula is C22H20O3S2. The van der Waals surface area contributed by atoms with Crippen molar-refractivity contribution in [3.63, 3.8) is 0 Å². The lowest BCUT2D eigenvalue weighted by Gasteiger charge is -2.14. The molecule has 3 aromatic rings. The molecule has 27 heavy (non-hydrogen) atoms. The second-order valence-electron chi connectivity index (χ2n) is 6.27. The zero-order valence-corrected chi connectivity index (χ0v) is 16.6. The van der Waals surface area contributed by atoms with Gasteiger partial charge in [-0.1, -0.05) is 48.5 Å². The van der Waals surface area contributed by atoms with Crippen LogP contribution in [0, 0.1) is 0 Å². The minimum Gasteiger partial charge on any atom is -0.493 e. The Morgan fingerprint density at radius 3 is 2.59 bits per heavy atom. The van der Waals surface area contributed by atoms with Crippen molar-refractivity contribution in [1.82, 2.24) is 0 Å². The van der Waals surface area contributed by atoms with Crippen LogP contribution in [0.25, 0.3) is 10.8 Å². The van der Waals surface area contributed by atoms with Gasteiger partial charge >= 0.3 is 5.97 Å². The van der Waals surface area contributed by atoms with E-state index in [2.05, 4.69) is 0 Å². The van der Waals surface area contributed by atoms with Crippen LogP contribution in [0.5, 0.6) is 11.5 Å². The zero-order valence-electron chi connectivity index (χ0n) is 15.0. The van der Waals surface area contributed by atoms with Crippen molar-refractivity contribution in [3.05, 3.63) is 71.8 Å². The first-order valence-corrected chi connectivity index (χ1v) is 10.9. The number of carbonyl (C=O) groups excluding carboxylic acids is 1. The number of hydrogen-bond donors (Lipinski definition) is 0. The molecule has 0 aromatic heterocycles. The summed E-state index contributed by atoms with van der Waals surface area (Å²) in [6.45, 7) is 0. The van der Waals surface area contributed by atoms with E-state index in [0.29, 0.717) is 16.1 Å². The molecule has 0 spiro atoms. The lowest BCUT2D eigenvalue weighted by molar-refractivity contribution is -0.133. The Morgan fingerprint density at radius 2 is 1.78 bits per heavy atom. The minimum atomic E-state index is -0.290. The van der Waals surface area contributed by atoms with Crippen LogP contribution in [-0.2, 0) is 11.2 Å². The van der Waals surface area contributed by atoms with Crippen LogP contribution in [0.4, 0.5) is 0 Å². The Kier molecular flexibility index (Phi) is 5.60. The van der Waals surface area contributed by atoms with Crippen LogP contribution >= 0.6 is 23.5 Å². The molecule has 1 aliphatic heterocycles. The molecule has 0 saturated carbocycles. The van der Waals surface area contributed by atoms with Crippen LogP contribution < -0.4 is 9.47 Å². The summed E-state index contributed by atoms with van der Waals surface area (Å²) in [5, 5.41) is 2.20.